The molecule has 1 nitrogen and oxygen atoms in total. The second-order valence-electron chi connectivity index (χ2n) is 0. The third kappa shape index (κ3) is 9.68. The fraction of sp³-hybridized carbons (Fsp3) is 0. The van der Waals surface area contributed by atoms with Crippen LogP contribution in [-0.4, -0.2) is 0 Å². The van der Waals surface area contributed by atoms with Gasteiger partial charge in [0.05, 0.1) is 0 Å². The molecule has 0 bridgehead atoms. The van der Waals surface area contributed by atoms with E-state index in [1.807, 2.05) is 0 Å². The van der Waals surface area contributed by atoms with Crippen LogP contribution in [0.5, 0.6) is 0 Å². The van der Waals surface area contributed by atoms with Gasteiger partial charge >= 0.3 is 0 Å². The Labute approximate surface area is 52.5 Å². The van der Waals surface area contributed by atoms with Crippen molar-refractivity contribution in [3.8, 4) is 0 Å². The molecule has 0 fully saturated rings. The number of rotatable bonds is 0. The van der Waals surface area contributed by atoms with Gasteiger partial charge in [-0.2, -0.15) is 9.90 Å². The molecule has 0 rings (SSSR count). The Hall–Kier alpha value is 1.52. The summed E-state index contributed by atoms with van der Waals surface area (Å²) in [7, 11) is 0. The van der Waals surface area contributed by atoms with Crippen molar-refractivity contribution in [2.75, 3.05) is 0 Å². The summed E-state index contributed by atoms with van der Waals surface area (Å²) in [6.45, 7) is 0. The SMILES string of the molecule is N.P.[Co].[Ru]. The minimum atomic E-state index is 0. The Morgan fingerprint density at radius 2 is 1.00 bits per heavy atom. The maximum Gasteiger partial charge on any atom is 0 e. The van der Waals surface area contributed by atoms with Crippen molar-refractivity contribution in [1.29, 1.82) is 0 Å². The number of hydrogen-bond acceptors (Lipinski definition) is 1. The molecule has 0 aliphatic rings. The normalized spacial score (nSPS) is 0. The van der Waals surface area contributed by atoms with Crippen LogP contribution in [0.15, 0.2) is 0 Å². The van der Waals surface area contributed by atoms with E-state index >= 15 is 0 Å². The molecule has 0 aliphatic heterocycles. The van der Waals surface area contributed by atoms with Gasteiger partial charge in [-0.25, -0.2) is 0 Å². The van der Waals surface area contributed by atoms with Gasteiger partial charge in [-0.1, -0.05) is 0 Å². The molecule has 4 heavy (non-hydrogen) atoms. The molecule has 1 unspecified atom stereocenters. The molecule has 0 aromatic carbocycles. The van der Waals surface area contributed by atoms with E-state index in [2.05, 4.69) is 0 Å². The van der Waals surface area contributed by atoms with Gasteiger partial charge in [0.1, 0.15) is 0 Å². The summed E-state index contributed by atoms with van der Waals surface area (Å²) < 4.78 is 0. The molecule has 0 aromatic rings. The van der Waals surface area contributed by atoms with Crippen LogP contribution in [0.25, 0.3) is 0 Å². The van der Waals surface area contributed by atoms with E-state index in [4.69, 9.17) is 0 Å². The zero-order chi connectivity index (χ0) is 0. The summed E-state index contributed by atoms with van der Waals surface area (Å²) in [6, 6.07) is 0. The Balaban J connectivity index is 0. The van der Waals surface area contributed by atoms with Crippen LogP contribution in [-0.2, 0) is 36.3 Å². The molecule has 0 aliphatic carbocycles. The van der Waals surface area contributed by atoms with Gasteiger partial charge in [0.15, 0.2) is 0 Å². The first-order valence-corrected chi connectivity index (χ1v) is 0. The van der Waals surface area contributed by atoms with E-state index in [1.165, 1.54) is 0 Å². The van der Waals surface area contributed by atoms with Crippen molar-refractivity contribution in [3.05, 3.63) is 0 Å². The van der Waals surface area contributed by atoms with Gasteiger partial charge in [0.2, 0.25) is 0 Å². The maximum atomic E-state index is 0. The van der Waals surface area contributed by atoms with Crippen LogP contribution in [0.3, 0.4) is 0 Å². The fourth-order valence-corrected chi connectivity index (χ4v) is 0. The minimum Gasteiger partial charge on any atom is -0.344 e. The Morgan fingerprint density at radius 1 is 1.00 bits per heavy atom. The second kappa shape index (κ2) is 24.2. The molecule has 1 atom stereocenters. The summed E-state index contributed by atoms with van der Waals surface area (Å²) >= 11 is 0. The third-order valence-corrected chi connectivity index (χ3v) is 0. The van der Waals surface area contributed by atoms with E-state index in [0.29, 0.717) is 0 Å². The van der Waals surface area contributed by atoms with Crippen molar-refractivity contribution in [2.24, 2.45) is 0 Å². The summed E-state index contributed by atoms with van der Waals surface area (Å²) in [5.41, 5.74) is 0. The topological polar surface area (TPSA) is 35.0 Å². The van der Waals surface area contributed by atoms with E-state index in [-0.39, 0.29) is 52.3 Å². The predicted octanol–water partition coefficient (Wildman–Crippen LogP) is 0.215. The summed E-state index contributed by atoms with van der Waals surface area (Å²) in [5, 5.41) is 0. The first kappa shape index (κ1) is 48.8. The van der Waals surface area contributed by atoms with E-state index < -0.39 is 0 Å². The first-order chi connectivity index (χ1) is 0. The first-order valence-electron chi connectivity index (χ1n) is 0. The van der Waals surface area contributed by atoms with Gasteiger partial charge in [0.25, 0.3) is 0 Å². The molecule has 0 aromatic heterocycles. The zero-order valence-corrected chi connectivity index (χ0v) is 6.29. The van der Waals surface area contributed by atoms with Crippen LogP contribution >= 0.6 is 9.90 Å². The van der Waals surface area contributed by atoms with Gasteiger partial charge in [0, 0.05) is 36.3 Å². The van der Waals surface area contributed by atoms with E-state index in [0.717, 1.165) is 0 Å². The van der Waals surface area contributed by atoms with Crippen molar-refractivity contribution in [2.45, 2.75) is 0 Å². The summed E-state index contributed by atoms with van der Waals surface area (Å²) in [5.74, 6) is 0. The van der Waals surface area contributed by atoms with Gasteiger partial charge < -0.3 is 6.15 Å². The van der Waals surface area contributed by atoms with Crippen LogP contribution in [0.2, 0.25) is 0 Å². The molecular weight excluding hydrogens is 205 g/mol. The number of hydrogen-bond donors (Lipinski definition) is 1. The summed E-state index contributed by atoms with van der Waals surface area (Å²) in [6.07, 6.45) is 0. The Kier molecular flexibility index (Phi) is 296. The molecule has 0 spiro atoms. The van der Waals surface area contributed by atoms with Crippen molar-refractivity contribution in [1.82, 2.24) is 6.15 Å². The fourth-order valence-electron chi connectivity index (χ4n) is 0. The monoisotopic (exact) mass is 212 g/mol. The molecule has 0 saturated carbocycles. The predicted molar refractivity (Wildman–Crippen MR) is 16.1 cm³/mol. The molecule has 3 N–H and O–H groups in total. The molecular formula is H6CoNPRu. The van der Waals surface area contributed by atoms with Gasteiger partial charge in [-0.3, -0.25) is 0 Å². The molecule has 33 valence electrons. The van der Waals surface area contributed by atoms with Crippen LogP contribution in [0.1, 0.15) is 0 Å². The summed E-state index contributed by atoms with van der Waals surface area (Å²) in [4.78, 5) is 0. The molecule has 0 amide bonds. The molecule has 4 heteroatoms. The van der Waals surface area contributed by atoms with Crippen LogP contribution in [0.4, 0.5) is 0 Å². The second-order valence-corrected chi connectivity index (χ2v) is 0. The van der Waals surface area contributed by atoms with Gasteiger partial charge in [-0.15, -0.1) is 0 Å². The maximum absolute atomic E-state index is 0. The Morgan fingerprint density at radius 3 is 1.00 bits per heavy atom. The standard InChI is InChI=1S/Co.H3N.H3P.Ru/h;2*1H3;. The minimum absolute atomic E-state index is 0. The van der Waals surface area contributed by atoms with E-state index in [1.54, 1.807) is 0 Å². The van der Waals surface area contributed by atoms with Crippen molar-refractivity contribution in [3.63, 3.8) is 0 Å². The average Bonchev–Trinajstić information content (AvgIpc) is 0. The van der Waals surface area contributed by atoms with Crippen molar-refractivity contribution < 1.29 is 36.3 Å². The van der Waals surface area contributed by atoms with E-state index in [9.17, 15) is 0 Å². The smallest absolute Gasteiger partial charge is 0 e. The quantitative estimate of drug-likeness (QED) is 0.451. The third-order valence-electron chi connectivity index (χ3n) is 0. The zero-order valence-electron chi connectivity index (χ0n) is 2.10. The Bertz CT molecular complexity index is 8.00. The van der Waals surface area contributed by atoms with Crippen molar-refractivity contribution >= 4 is 9.90 Å². The average molecular weight is 211 g/mol. The largest absolute Gasteiger partial charge is 0.344 e. The van der Waals surface area contributed by atoms with Crippen LogP contribution in [0, 0.1) is 0 Å². The van der Waals surface area contributed by atoms with Crippen LogP contribution < -0.4 is 6.15 Å². The molecule has 1 radical (unpaired) electrons. The molecule has 0 heterocycles. The van der Waals surface area contributed by atoms with Gasteiger partial charge in [-0.05, 0) is 0 Å². The molecule has 0 saturated heterocycles.